The summed E-state index contributed by atoms with van der Waals surface area (Å²) >= 11 is 0. The van der Waals surface area contributed by atoms with E-state index >= 15 is 0 Å². The van der Waals surface area contributed by atoms with Crippen molar-refractivity contribution in [2.45, 2.75) is 84.8 Å². The molecule has 3 fully saturated rings. The second kappa shape index (κ2) is 4.71. The second-order valence-corrected chi connectivity index (χ2v) is 8.77. The summed E-state index contributed by atoms with van der Waals surface area (Å²) in [6.45, 7) is 9.04. The molecule has 0 spiro atoms. The Morgan fingerprint density at radius 1 is 1.10 bits per heavy atom. The highest BCUT2D eigenvalue weighted by molar-refractivity contribution is 5.77. The number of esters is 1. The third-order valence-corrected chi connectivity index (χ3v) is 7.71. The molecule has 0 heterocycles. The monoisotopic (exact) mass is 293 g/mol. The maximum absolute atomic E-state index is 12.8. The van der Waals surface area contributed by atoms with Crippen LogP contribution in [0.3, 0.4) is 0 Å². The number of nitrogens with two attached hydrogens (primary N) is 1. The number of rotatable bonds is 2. The van der Waals surface area contributed by atoms with Gasteiger partial charge in [-0.25, -0.2) is 0 Å². The lowest BCUT2D eigenvalue weighted by Crippen LogP contribution is -2.50. The Kier molecular flexibility index (Phi) is 3.44. The first kappa shape index (κ1) is 15.3. The molecule has 0 aromatic rings. The normalized spacial score (nSPS) is 48.3. The summed E-state index contributed by atoms with van der Waals surface area (Å²) in [5.74, 6) is 0.664. The van der Waals surface area contributed by atoms with Gasteiger partial charge in [0.1, 0.15) is 6.10 Å². The van der Waals surface area contributed by atoms with E-state index in [2.05, 4.69) is 20.8 Å². The average molecular weight is 293 g/mol. The summed E-state index contributed by atoms with van der Waals surface area (Å²) in [6, 6.07) is -0.0434. The Morgan fingerprint density at radius 2 is 1.81 bits per heavy atom. The summed E-state index contributed by atoms with van der Waals surface area (Å²) in [5, 5.41) is 0. The topological polar surface area (TPSA) is 52.3 Å². The number of hydrogen-bond acceptors (Lipinski definition) is 3. The van der Waals surface area contributed by atoms with Crippen LogP contribution in [0.4, 0.5) is 0 Å². The molecule has 3 aliphatic carbocycles. The molecule has 0 aromatic heterocycles. The Balaban J connectivity index is 1.74. The smallest absolute Gasteiger partial charge is 0.313 e. The van der Waals surface area contributed by atoms with Gasteiger partial charge in [0, 0.05) is 11.5 Å². The number of carbonyl (C=O) groups excluding carboxylic acids is 1. The van der Waals surface area contributed by atoms with Crippen LogP contribution in [0.25, 0.3) is 0 Å². The van der Waals surface area contributed by atoms with Gasteiger partial charge >= 0.3 is 5.97 Å². The first-order valence-electron chi connectivity index (χ1n) is 8.68. The fourth-order valence-corrected chi connectivity index (χ4v) is 5.19. The van der Waals surface area contributed by atoms with E-state index in [9.17, 15) is 4.79 Å². The van der Waals surface area contributed by atoms with Crippen LogP contribution < -0.4 is 5.73 Å². The summed E-state index contributed by atoms with van der Waals surface area (Å²) < 4.78 is 6.08. The van der Waals surface area contributed by atoms with Crippen molar-refractivity contribution in [3.8, 4) is 0 Å². The molecule has 120 valence electrons. The van der Waals surface area contributed by atoms with Crippen molar-refractivity contribution in [1.29, 1.82) is 0 Å². The SMILES string of the molecule is CC1(C(=O)OC2CC3CCC2(C)C3(C)C)CCCCC1N. The van der Waals surface area contributed by atoms with Gasteiger partial charge in [0.2, 0.25) is 0 Å². The van der Waals surface area contributed by atoms with E-state index in [-0.39, 0.29) is 28.9 Å². The molecule has 3 aliphatic rings. The van der Waals surface area contributed by atoms with E-state index in [4.69, 9.17) is 10.5 Å². The lowest BCUT2D eigenvalue weighted by atomic mass is 9.69. The van der Waals surface area contributed by atoms with Crippen molar-refractivity contribution in [2.75, 3.05) is 0 Å². The minimum atomic E-state index is -0.472. The molecule has 21 heavy (non-hydrogen) atoms. The number of hydrogen-bond donors (Lipinski definition) is 1. The standard InChI is InChI=1S/C18H31NO2/c1-16(2)12-8-10-18(16,4)14(11-12)21-15(20)17(3)9-6-5-7-13(17)19/h12-14H,5-11,19H2,1-4H3. The molecule has 3 rings (SSSR count). The van der Waals surface area contributed by atoms with E-state index in [1.54, 1.807) is 0 Å². The maximum Gasteiger partial charge on any atom is 0.313 e. The number of carbonyl (C=O) groups is 1. The molecule has 3 saturated carbocycles. The lowest BCUT2D eigenvalue weighted by molar-refractivity contribution is -0.171. The molecule has 5 unspecified atom stereocenters. The van der Waals surface area contributed by atoms with Crippen molar-refractivity contribution in [3.05, 3.63) is 0 Å². The van der Waals surface area contributed by atoms with Crippen molar-refractivity contribution in [3.63, 3.8) is 0 Å². The van der Waals surface area contributed by atoms with E-state index in [1.807, 2.05) is 6.92 Å². The Hall–Kier alpha value is -0.570. The summed E-state index contributed by atoms with van der Waals surface area (Å²) in [7, 11) is 0. The highest BCUT2D eigenvalue weighted by Gasteiger charge is 2.63. The number of ether oxygens (including phenoxy) is 1. The highest BCUT2D eigenvalue weighted by atomic mass is 16.5. The third-order valence-electron chi connectivity index (χ3n) is 7.71. The molecule has 3 nitrogen and oxygen atoms in total. The van der Waals surface area contributed by atoms with Crippen LogP contribution in [-0.2, 0) is 9.53 Å². The van der Waals surface area contributed by atoms with Crippen molar-refractivity contribution < 1.29 is 9.53 Å². The summed E-state index contributed by atoms with van der Waals surface area (Å²) in [5.41, 5.74) is 6.20. The molecule has 0 radical (unpaired) electrons. The van der Waals surface area contributed by atoms with Gasteiger partial charge < -0.3 is 10.5 Å². The fraction of sp³-hybridized carbons (Fsp3) is 0.944. The first-order valence-corrected chi connectivity index (χ1v) is 8.68. The Bertz CT molecular complexity index is 446. The van der Waals surface area contributed by atoms with Gasteiger partial charge in [0.05, 0.1) is 5.41 Å². The minimum absolute atomic E-state index is 0.0377. The van der Waals surface area contributed by atoms with Gasteiger partial charge in [-0.1, -0.05) is 33.6 Å². The molecule has 2 bridgehead atoms. The summed E-state index contributed by atoms with van der Waals surface area (Å²) in [6.07, 6.45) is 7.66. The molecule has 0 amide bonds. The van der Waals surface area contributed by atoms with Crippen LogP contribution in [0.1, 0.15) is 72.6 Å². The van der Waals surface area contributed by atoms with Gasteiger partial charge in [-0.3, -0.25) is 4.79 Å². The lowest BCUT2D eigenvalue weighted by Gasteiger charge is -2.42. The molecule has 5 atom stereocenters. The zero-order chi connectivity index (χ0) is 15.5. The van der Waals surface area contributed by atoms with Crippen LogP contribution in [-0.4, -0.2) is 18.1 Å². The van der Waals surface area contributed by atoms with E-state index in [1.165, 1.54) is 12.8 Å². The largest absolute Gasteiger partial charge is 0.461 e. The van der Waals surface area contributed by atoms with Crippen LogP contribution >= 0.6 is 0 Å². The molecular formula is C18H31NO2. The van der Waals surface area contributed by atoms with Gasteiger partial charge in [0.25, 0.3) is 0 Å². The molecular weight excluding hydrogens is 262 g/mol. The second-order valence-electron chi connectivity index (χ2n) is 8.77. The van der Waals surface area contributed by atoms with Gasteiger partial charge in [-0.15, -0.1) is 0 Å². The zero-order valence-corrected chi connectivity index (χ0v) is 14.1. The molecule has 3 heteroatoms. The fourth-order valence-electron chi connectivity index (χ4n) is 5.19. The molecule has 0 aromatic carbocycles. The van der Waals surface area contributed by atoms with Crippen LogP contribution in [0.2, 0.25) is 0 Å². The van der Waals surface area contributed by atoms with Crippen molar-refractivity contribution in [2.24, 2.45) is 27.9 Å². The maximum atomic E-state index is 12.8. The van der Waals surface area contributed by atoms with E-state index in [0.29, 0.717) is 5.92 Å². The zero-order valence-electron chi connectivity index (χ0n) is 14.1. The highest BCUT2D eigenvalue weighted by Crippen LogP contribution is 2.66. The van der Waals surface area contributed by atoms with E-state index < -0.39 is 5.41 Å². The Morgan fingerprint density at radius 3 is 2.33 bits per heavy atom. The van der Waals surface area contributed by atoms with Gasteiger partial charge in [-0.2, -0.15) is 0 Å². The molecule has 0 aliphatic heterocycles. The van der Waals surface area contributed by atoms with Crippen LogP contribution in [0.5, 0.6) is 0 Å². The van der Waals surface area contributed by atoms with Crippen molar-refractivity contribution in [1.82, 2.24) is 0 Å². The Labute approximate surface area is 129 Å². The minimum Gasteiger partial charge on any atom is -0.461 e. The third kappa shape index (κ3) is 1.99. The number of fused-ring (bicyclic) bond motifs is 2. The summed E-state index contributed by atoms with van der Waals surface area (Å²) in [4.78, 5) is 12.8. The average Bonchev–Trinajstić information content (AvgIpc) is 2.75. The predicted octanol–water partition coefficient (Wildman–Crippen LogP) is 3.65. The van der Waals surface area contributed by atoms with Gasteiger partial charge in [-0.05, 0) is 50.4 Å². The predicted molar refractivity (Wildman–Crippen MR) is 83.7 cm³/mol. The first-order chi connectivity index (χ1) is 9.72. The molecule has 0 saturated heterocycles. The van der Waals surface area contributed by atoms with Gasteiger partial charge in [0.15, 0.2) is 0 Å². The van der Waals surface area contributed by atoms with Crippen molar-refractivity contribution >= 4 is 5.97 Å². The quantitative estimate of drug-likeness (QED) is 0.791. The van der Waals surface area contributed by atoms with Crippen LogP contribution in [0, 0.1) is 22.2 Å². The van der Waals surface area contributed by atoms with E-state index in [0.717, 1.165) is 32.1 Å². The molecule has 2 N–H and O–H groups in total. The van der Waals surface area contributed by atoms with Crippen LogP contribution in [0.15, 0.2) is 0 Å².